The molecule has 3 atom stereocenters. The zero-order valence-electron chi connectivity index (χ0n) is 15.1. The summed E-state index contributed by atoms with van der Waals surface area (Å²) in [5, 5.41) is 3.22. The second kappa shape index (κ2) is 7.94. The summed E-state index contributed by atoms with van der Waals surface area (Å²) in [7, 11) is 0. The van der Waals surface area contributed by atoms with Crippen molar-refractivity contribution in [2.75, 3.05) is 6.54 Å². The number of pyridine rings is 1. The van der Waals surface area contributed by atoms with E-state index in [2.05, 4.69) is 38.0 Å². The Labute approximate surface area is 141 Å². The van der Waals surface area contributed by atoms with Gasteiger partial charge in [0, 0.05) is 24.9 Å². The molecule has 3 nitrogen and oxygen atoms in total. The summed E-state index contributed by atoms with van der Waals surface area (Å²) in [5.74, 6) is 1.97. The molecule has 1 N–H and O–H groups in total. The smallest absolute Gasteiger partial charge is 0.226 e. The Balaban J connectivity index is 2.03. The fourth-order valence-electron chi connectivity index (χ4n) is 4.44. The van der Waals surface area contributed by atoms with Gasteiger partial charge in [0.15, 0.2) is 0 Å². The first-order valence-electron chi connectivity index (χ1n) is 9.17. The number of carbonyl (C=O) groups is 1. The quantitative estimate of drug-likeness (QED) is 0.853. The van der Waals surface area contributed by atoms with E-state index >= 15 is 0 Å². The Morgan fingerprint density at radius 2 is 2.17 bits per heavy atom. The predicted octanol–water partition coefficient (Wildman–Crippen LogP) is 4.23. The van der Waals surface area contributed by atoms with E-state index in [-0.39, 0.29) is 11.3 Å². The first kappa shape index (κ1) is 18.0. The highest BCUT2D eigenvalue weighted by Gasteiger charge is 2.48. The highest BCUT2D eigenvalue weighted by Crippen LogP contribution is 2.49. The van der Waals surface area contributed by atoms with Gasteiger partial charge in [-0.3, -0.25) is 9.78 Å². The predicted molar refractivity (Wildman–Crippen MR) is 95.0 cm³/mol. The Kier molecular flexibility index (Phi) is 6.20. The molecule has 0 saturated heterocycles. The van der Waals surface area contributed by atoms with E-state index in [1.807, 2.05) is 24.4 Å². The highest BCUT2D eigenvalue weighted by atomic mass is 16.2. The van der Waals surface area contributed by atoms with E-state index in [1.54, 1.807) is 0 Å². The Bertz CT molecular complexity index is 500. The zero-order chi connectivity index (χ0) is 16.9. The molecule has 0 aromatic carbocycles. The topological polar surface area (TPSA) is 42.0 Å². The number of rotatable bonds is 6. The van der Waals surface area contributed by atoms with Crippen LogP contribution in [0.5, 0.6) is 0 Å². The summed E-state index contributed by atoms with van der Waals surface area (Å²) < 4.78 is 0. The number of hydrogen-bond acceptors (Lipinski definition) is 2. The van der Waals surface area contributed by atoms with Crippen LogP contribution in [0.3, 0.4) is 0 Å². The first-order valence-corrected chi connectivity index (χ1v) is 9.17. The number of aromatic nitrogens is 1. The third kappa shape index (κ3) is 4.13. The van der Waals surface area contributed by atoms with E-state index in [4.69, 9.17) is 0 Å². The van der Waals surface area contributed by atoms with Crippen LogP contribution < -0.4 is 5.32 Å². The van der Waals surface area contributed by atoms with Crippen LogP contribution in [0.2, 0.25) is 0 Å². The molecule has 0 aliphatic heterocycles. The van der Waals surface area contributed by atoms with Gasteiger partial charge in [-0.05, 0) is 49.1 Å². The fraction of sp³-hybridized carbons (Fsp3) is 0.700. The van der Waals surface area contributed by atoms with Gasteiger partial charge in [-0.15, -0.1) is 0 Å². The van der Waals surface area contributed by atoms with E-state index in [0.717, 1.165) is 25.0 Å². The zero-order valence-corrected chi connectivity index (χ0v) is 15.1. The molecule has 0 spiro atoms. The van der Waals surface area contributed by atoms with E-state index < -0.39 is 0 Å². The Morgan fingerprint density at radius 3 is 2.78 bits per heavy atom. The Hall–Kier alpha value is -1.38. The minimum absolute atomic E-state index is 0.185. The average Bonchev–Trinajstić information content (AvgIpc) is 2.55. The summed E-state index contributed by atoms with van der Waals surface area (Å²) >= 11 is 0. The molecule has 0 radical (unpaired) electrons. The number of nitrogens with zero attached hydrogens (tertiary/aromatic N) is 1. The van der Waals surface area contributed by atoms with Crippen molar-refractivity contribution >= 4 is 5.91 Å². The first-order chi connectivity index (χ1) is 11.0. The lowest BCUT2D eigenvalue weighted by Crippen LogP contribution is -2.50. The molecule has 0 bridgehead atoms. The van der Waals surface area contributed by atoms with Crippen LogP contribution in [0.1, 0.15) is 59.1 Å². The number of carbonyl (C=O) groups excluding carboxylic acids is 1. The van der Waals surface area contributed by atoms with Crippen LogP contribution in [0, 0.1) is 23.2 Å². The molecule has 3 unspecified atom stereocenters. The average molecular weight is 316 g/mol. The monoisotopic (exact) mass is 316 g/mol. The molecule has 128 valence electrons. The molecular weight excluding hydrogens is 284 g/mol. The van der Waals surface area contributed by atoms with Crippen LogP contribution >= 0.6 is 0 Å². The van der Waals surface area contributed by atoms with Gasteiger partial charge in [0.05, 0.1) is 5.41 Å². The van der Waals surface area contributed by atoms with Gasteiger partial charge in [-0.25, -0.2) is 0 Å². The van der Waals surface area contributed by atoms with Crippen LogP contribution in [-0.2, 0) is 11.2 Å². The van der Waals surface area contributed by atoms with E-state index in [1.165, 1.54) is 12.8 Å². The van der Waals surface area contributed by atoms with Gasteiger partial charge >= 0.3 is 0 Å². The second-order valence-corrected chi connectivity index (χ2v) is 7.57. The number of hydrogen-bond donors (Lipinski definition) is 1. The lowest BCUT2D eigenvalue weighted by atomic mass is 9.58. The molecule has 1 amide bonds. The van der Waals surface area contributed by atoms with Crippen molar-refractivity contribution in [3.8, 4) is 0 Å². The van der Waals surface area contributed by atoms with Gasteiger partial charge in [-0.1, -0.05) is 40.2 Å². The molecule has 1 aliphatic rings. The third-order valence-corrected chi connectivity index (χ3v) is 5.67. The van der Waals surface area contributed by atoms with Crippen molar-refractivity contribution in [1.82, 2.24) is 10.3 Å². The van der Waals surface area contributed by atoms with Crippen LogP contribution in [0.25, 0.3) is 0 Å². The van der Waals surface area contributed by atoms with Gasteiger partial charge in [0.1, 0.15) is 0 Å². The van der Waals surface area contributed by atoms with Crippen LogP contribution in [-0.4, -0.2) is 17.4 Å². The summed E-state index contributed by atoms with van der Waals surface area (Å²) in [6.07, 6.45) is 7.01. The van der Waals surface area contributed by atoms with Crippen LogP contribution in [0.4, 0.5) is 0 Å². The van der Waals surface area contributed by atoms with Gasteiger partial charge in [-0.2, -0.15) is 0 Å². The van der Waals surface area contributed by atoms with Crippen LogP contribution in [0.15, 0.2) is 24.4 Å². The highest BCUT2D eigenvalue weighted by molar-refractivity contribution is 5.83. The third-order valence-electron chi connectivity index (χ3n) is 5.67. The SMILES string of the molecule is CCC1(C(=O)NCCc2ccccn2)CC(C)CCC1C(C)C. The normalized spacial score (nSPS) is 27.9. The summed E-state index contributed by atoms with van der Waals surface area (Å²) in [4.78, 5) is 17.4. The molecule has 1 aromatic rings. The van der Waals surface area contributed by atoms with Gasteiger partial charge < -0.3 is 5.32 Å². The molecular formula is C20H32N2O. The van der Waals surface area contributed by atoms with Crippen molar-refractivity contribution in [3.05, 3.63) is 30.1 Å². The summed E-state index contributed by atoms with van der Waals surface area (Å²) in [6, 6.07) is 5.93. The number of amides is 1. The maximum absolute atomic E-state index is 13.1. The lowest BCUT2D eigenvalue weighted by molar-refractivity contribution is -0.140. The molecule has 1 fully saturated rings. The van der Waals surface area contributed by atoms with E-state index in [0.29, 0.717) is 24.3 Å². The van der Waals surface area contributed by atoms with Gasteiger partial charge in [0.2, 0.25) is 5.91 Å². The Morgan fingerprint density at radius 1 is 1.39 bits per heavy atom. The van der Waals surface area contributed by atoms with Crippen molar-refractivity contribution in [1.29, 1.82) is 0 Å². The van der Waals surface area contributed by atoms with Crippen molar-refractivity contribution in [2.24, 2.45) is 23.2 Å². The lowest BCUT2D eigenvalue weighted by Gasteiger charge is -2.46. The maximum Gasteiger partial charge on any atom is 0.226 e. The minimum Gasteiger partial charge on any atom is -0.355 e. The number of nitrogens with one attached hydrogen (secondary N) is 1. The largest absolute Gasteiger partial charge is 0.355 e. The molecule has 3 heteroatoms. The van der Waals surface area contributed by atoms with Crippen molar-refractivity contribution in [3.63, 3.8) is 0 Å². The fourth-order valence-corrected chi connectivity index (χ4v) is 4.44. The summed E-state index contributed by atoms with van der Waals surface area (Å²) in [6.45, 7) is 9.70. The summed E-state index contributed by atoms with van der Waals surface area (Å²) in [5.41, 5.74) is 0.853. The molecule has 1 aliphatic carbocycles. The molecule has 2 rings (SSSR count). The minimum atomic E-state index is -0.185. The standard InChI is InChI=1S/C20H32N2O/c1-5-20(14-16(4)9-10-18(20)15(2)3)19(23)22-13-11-17-8-6-7-12-21-17/h6-8,12,15-16,18H,5,9-11,13-14H2,1-4H3,(H,22,23). The van der Waals surface area contributed by atoms with Gasteiger partial charge in [0.25, 0.3) is 0 Å². The second-order valence-electron chi connectivity index (χ2n) is 7.57. The molecule has 1 aromatic heterocycles. The van der Waals surface area contributed by atoms with E-state index in [9.17, 15) is 4.79 Å². The van der Waals surface area contributed by atoms with Crippen molar-refractivity contribution < 1.29 is 4.79 Å². The van der Waals surface area contributed by atoms with Crippen molar-refractivity contribution in [2.45, 2.75) is 59.8 Å². The maximum atomic E-state index is 13.1. The molecule has 1 heterocycles. The molecule has 1 saturated carbocycles. The molecule has 23 heavy (non-hydrogen) atoms.